The number of benzene rings is 1. The fraction of sp³-hybridized carbons (Fsp3) is 0.500. The Morgan fingerprint density at radius 2 is 1.75 bits per heavy atom. The molecule has 2 N–H and O–H groups in total. The molecule has 0 aliphatic rings. The fourth-order valence-electron chi connectivity index (χ4n) is 1.95. The monoisotopic (exact) mass is 429 g/mol. The number of nitrogens with zero attached hydrogens (tertiary/aromatic N) is 2. The second-order valence-electron chi connectivity index (χ2n) is 4.41. The summed E-state index contributed by atoms with van der Waals surface area (Å²) in [7, 11) is 0. The number of aliphatic imine (C=N–C) groups is 1. The molecule has 0 aliphatic heterocycles. The molecule has 20 heavy (non-hydrogen) atoms. The average molecular weight is 430 g/mol. The summed E-state index contributed by atoms with van der Waals surface area (Å²) in [5.74, 6) is 0.704. The lowest BCUT2D eigenvalue weighted by Gasteiger charge is -2.20. The van der Waals surface area contributed by atoms with E-state index in [1.54, 1.807) is 0 Å². The summed E-state index contributed by atoms with van der Waals surface area (Å²) >= 11 is 12.4. The number of guanidine groups is 1. The zero-order valence-electron chi connectivity index (χ0n) is 12.1. The second kappa shape index (κ2) is 9.68. The number of halogens is 3. The summed E-state index contributed by atoms with van der Waals surface area (Å²) in [5, 5.41) is 1.35. The van der Waals surface area contributed by atoms with Crippen LogP contribution in [0.15, 0.2) is 23.2 Å². The van der Waals surface area contributed by atoms with Gasteiger partial charge in [-0.3, -0.25) is 4.99 Å². The van der Waals surface area contributed by atoms with Gasteiger partial charge in [-0.05, 0) is 31.5 Å². The average Bonchev–Trinajstić information content (AvgIpc) is 2.37. The van der Waals surface area contributed by atoms with Gasteiger partial charge in [0, 0.05) is 35.6 Å². The van der Waals surface area contributed by atoms with E-state index < -0.39 is 0 Å². The minimum Gasteiger partial charge on any atom is -0.370 e. The van der Waals surface area contributed by atoms with Gasteiger partial charge in [-0.2, -0.15) is 0 Å². The molecule has 0 radical (unpaired) electrons. The zero-order chi connectivity index (χ0) is 14.4. The summed E-state index contributed by atoms with van der Waals surface area (Å²) < 4.78 is 0. The molecule has 0 bridgehead atoms. The van der Waals surface area contributed by atoms with Crippen LogP contribution in [0, 0.1) is 0 Å². The van der Waals surface area contributed by atoms with Crippen molar-refractivity contribution in [3.05, 3.63) is 33.8 Å². The quantitative estimate of drug-likeness (QED) is 0.429. The van der Waals surface area contributed by atoms with E-state index in [1.807, 2.05) is 30.0 Å². The molecule has 0 fully saturated rings. The van der Waals surface area contributed by atoms with Crippen molar-refractivity contribution in [1.82, 2.24) is 4.90 Å². The van der Waals surface area contributed by atoms with Crippen LogP contribution in [-0.4, -0.2) is 30.5 Å². The highest BCUT2D eigenvalue weighted by atomic mass is 127. The van der Waals surface area contributed by atoms with Crippen molar-refractivity contribution in [3.63, 3.8) is 0 Å². The van der Waals surface area contributed by atoms with Crippen molar-refractivity contribution in [2.24, 2.45) is 10.7 Å². The van der Waals surface area contributed by atoms with Crippen molar-refractivity contribution in [3.8, 4) is 0 Å². The molecule has 0 saturated carbocycles. The maximum Gasteiger partial charge on any atom is 0.191 e. The van der Waals surface area contributed by atoms with Crippen LogP contribution in [-0.2, 0) is 0 Å². The Bertz CT molecular complexity index is 428. The first-order valence-electron chi connectivity index (χ1n) is 6.50. The third kappa shape index (κ3) is 5.30. The minimum absolute atomic E-state index is 0. The van der Waals surface area contributed by atoms with Crippen molar-refractivity contribution in [1.29, 1.82) is 0 Å². The maximum absolute atomic E-state index is 6.18. The van der Waals surface area contributed by atoms with Crippen molar-refractivity contribution in [2.75, 3.05) is 19.6 Å². The molecule has 0 saturated heterocycles. The molecule has 114 valence electrons. The summed E-state index contributed by atoms with van der Waals surface area (Å²) in [6.45, 7) is 8.44. The van der Waals surface area contributed by atoms with Crippen molar-refractivity contribution in [2.45, 2.75) is 26.7 Å². The molecule has 3 nitrogen and oxygen atoms in total. The molecule has 1 unspecified atom stereocenters. The molecule has 0 aliphatic carbocycles. The first kappa shape index (κ1) is 19.8. The van der Waals surface area contributed by atoms with E-state index in [2.05, 4.69) is 18.8 Å². The molecule has 0 amide bonds. The summed E-state index contributed by atoms with van der Waals surface area (Å²) in [6.07, 6.45) is 0. The van der Waals surface area contributed by atoms with Gasteiger partial charge in [0.25, 0.3) is 0 Å². The highest BCUT2D eigenvalue weighted by Gasteiger charge is 2.13. The highest BCUT2D eigenvalue weighted by molar-refractivity contribution is 14.0. The van der Waals surface area contributed by atoms with Crippen LogP contribution < -0.4 is 5.73 Å². The van der Waals surface area contributed by atoms with Crippen LogP contribution in [0.4, 0.5) is 0 Å². The molecule has 1 rings (SSSR count). The Morgan fingerprint density at radius 1 is 1.25 bits per heavy atom. The normalized spacial score (nSPS) is 12.8. The Balaban J connectivity index is 0.00000361. The molecule has 0 heterocycles. The first-order chi connectivity index (χ1) is 9.01. The van der Waals surface area contributed by atoms with Gasteiger partial charge in [0.1, 0.15) is 0 Å². The summed E-state index contributed by atoms with van der Waals surface area (Å²) in [5.41, 5.74) is 6.88. The Hall–Kier alpha value is -0.200. The van der Waals surface area contributed by atoms with E-state index in [-0.39, 0.29) is 29.9 Å². The predicted molar refractivity (Wildman–Crippen MR) is 99.7 cm³/mol. The minimum atomic E-state index is 0. The number of hydrogen-bond acceptors (Lipinski definition) is 1. The van der Waals surface area contributed by atoms with E-state index in [4.69, 9.17) is 28.9 Å². The van der Waals surface area contributed by atoms with E-state index >= 15 is 0 Å². The van der Waals surface area contributed by atoms with Gasteiger partial charge in [-0.15, -0.1) is 24.0 Å². The summed E-state index contributed by atoms with van der Waals surface area (Å²) in [4.78, 5) is 6.44. The zero-order valence-corrected chi connectivity index (χ0v) is 15.9. The van der Waals surface area contributed by atoms with Crippen molar-refractivity contribution < 1.29 is 0 Å². The fourth-order valence-corrected chi connectivity index (χ4v) is 2.72. The maximum atomic E-state index is 6.18. The molecule has 1 aromatic rings. The summed E-state index contributed by atoms with van der Waals surface area (Å²) in [6, 6.07) is 5.53. The lowest BCUT2D eigenvalue weighted by Crippen LogP contribution is -2.37. The van der Waals surface area contributed by atoms with Crippen LogP contribution in [0.3, 0.4) is 0 Å². The molecule has 0 spiro atoms. The van der Waals surface area contributed by atoms with Gasteiger partial charge in [0.2, 0.25) is 0 Å². The third-order valence-corrected chi connectivity index (χ3v) is 3.77. The predicted octanol–water partition coefficient (Wildman–Crippen LogP) is 4.37. The molecular weight excluding hydrogens is 408 g/mol. The van der Waals surface area contributed by atoms with Crippen LogP contribution >= 0.6 is 47.2 Å². The molecule has 1 atom stereocenters. The van der Waals surface area contributed by atoms with Crippen LogP contribution in [0.5, 0.6) is 0 Å². The third-order valence-electron chi connectivity index (χ3n) is 3.11. The number of hydrogen-bond donors (Lipinski definition) is 1. The van der Waals surface area contributed by atoms with Crippen LogP contribution in [0.25, 0.3) is 0 Å². The number of nitrogens with two attached hydrogens (primary N) is 1. The molecule has 0 aromatic heterocycles. The molecule has 1 aromatic carbocycles. The molecular formula is C14H22Cl2IN3. The van der Waals surface area contributed by atoms with E-state index in [1.165, 1.54) is 0 Å². The van der Waals surface area contributed by atoms with Gasteiger partial charge in [0.15, 0.2) is 5.96 Å². The van der Waals surface area contributed by atoms with Gasteiger partial charge in [-0.1, -0.05) is 36.2 Å². The van der Waals surface area contributed by atoms with E-state index in [0.29, 0.717) is 22.5 Å². The standard InChI is InChI=1S/C14H21Cl2N3.HI/c1-4-19(5-2)14(17)18-9-10(3)13-11(15)7-6-8-12(13)16;/h6-8,10H,4-5,9H2,1-3H3,(H2,17,18);1H. The van der Waals surface area contributed by atoms with Gasteiger partial charge < -0.3 is 10.6 Å². The van der Waals surface area contributed by atoms with Crippen molar-refractivity contribution >= 4 is 53.1 Å². The highest BCUT2D eigenvalue weighted by Crippen LogP contribution is 2.31. The largest absolute Gasteiger partial charge is 0.370 e. The van der Waals surface area contributed by atoms with Crippen LogP contribution in [0.2, 0.25) is 10.0 Å². The SMILES string of the molecule is CCN(CC)C(N)=NCC(C)c1c(Cl)cccc1Cl.I. The second-order valence-corrected chi connectivity index (χ2v) is 5.22. The lowest BCUT2D eigenvalue weighted by molar-refractivity contribution is 0.457. The van der Waals surface area contributed by atoms with Gasteiger partial charge >= 0.3 is 0 Å². The van der Waals surface area contributed by atoms with Crippen LogP contribution in [0.1, 0.15) is 32.3 Å². The topological polar surface area (TPSA) is 41.6 Å². The van der Waals surface area contributed by atoms with Gasteiger partial charge in [-0.25, -0.2) is 0 Å². The Labute approximate surface area is 148 Å². The smallest absolute Gasteiger partial charge is 0.191 e. The van der Waals surface area contributed by atoms with E-state index in [0.717, 1.165) is 18.7 Å². The first-order valence-corrected chi connectivity index (χ1v) is 7.25. The number of rotatable bonds is 5. The van der Waals surface area contributed by atoms with Gasteiger partial charge in [0.05, 0.1) is 0 Å². The van der Waals surface area contributed by atoms with E-state index in [9.17, 15) is 0 Å². The Kier molecular flexibility index (Phi) is 9.59. The molecule has 6 heteroatoms. The lowest BCUT2D eigenvalue weighted by atomic mass is 10.0. The Morgan fingerprint density at radius 3 is 2.20 bits per heavy atom.